The molecule has 2 aliphatic rings. The first-order valence-corrected chi connectivity index (χ1v) is 5.48. The summed E-state index contributed by atoms with van der Waals surface area (Å²) in [5.41, 5.74) is 11.6. The fourth-order valence-corrected chi connectivity index (χ4v) is 1.99. The summed E-state index contributed by atoms with van der Waals surface area (Å²) in [7, 11) is 0. The van der Waals surface area contributed by atoms with Gasteiger partial charge in [0.05, 0.1) is 6.04 Å². The maximum Gasteiger partial charge on any atom is 0.239 e. The Hall–Kier alpha value is -0.610. The normalized spacial score (nSPS) is 26.3. The largest absolute Gasteiger partial charge is 0.341 e. The van der Waals surface area contributed by atoms with E-state index in [4.69, 9.17) is 11.5 Å². The number of nitrogens with zero attached hydrogens (tertiary/aromatic N) is 1. The van der Waals surface area contributed by atoms with Crippen LogP contribution in [0.1, 0.15) is 25.7 Å². The predicted octanol–water partition coefficient (Wildman–Crippen LogP) is -0.327. The molecule has 4 heteroatoms. The number of hydrogen-bond donors (Lipinski definition) is 2. The van der Waals surface area contributed by atoms with E-state index in [-0.39, 0.29) is 18.0 Å². The van der Waals surface area contributed by atoms with Gasteiger partial charge in [-0.15, -0.1) is 0 Å². The van der Waals surface area contributed by atoms with Crippen LogP contribution in [0, 0.1) is 5.92 Å². The van der Waals surface area contributed by atoms with E-state index < -0.39 is 0 Å². The van der Waals surface area contributed by atoms with E-state index in [1.807, 2.05) is 4.90 Å². The highest BCUT2D eigenvalue weighted by Gasteiger charge is 2.36. The number of rotatable bonds is 2. The second-order valence-electron chi connectivity index (χ2n) is 4.53. The van der Waals surface area contributed by atoms with E-state index in [1.54, 1.807) is 0 Å². The number of amides is 1. The molecule has 2 rings (SSSR count). The van der Waals surface area contributed by atoms with Gasteiger partial charge >= 0.3 is 0 Å². The standard InChI is InChI=1S/C10H19N3O/c11-8-3-5-13(6-4-8)10(14)9(12)7-1-2-7/h7-9H,1-6,11-12H2/t9-/m1/s1. The minimum Gasteiger partial charge on any atom is -0.341 e. The first kappa shape index (κ1) is 9.93. The van der Waals surface area contributed by atoms with Gasteiger partial charge in [0.15, 0.2) is 0 Å². The molecule has 4 N–H and O–H groups in total. The molecule has 1 aliphatic heterocycles. The van der Waals surface area contributed by atoms with Crippen LogP contribution in [0.4, 0.5) is 0 Å². The van der Waals surface area contributed by atoms with E-state index in [2.05, 4.69) is 0 Å². The summed E-state index contributed by atoms with van der Waals surface area (Å²) >= 11 is 0. The van der Waals surface area contributed by atoms with Crippen molar-refractivity contribution in [2.24, 2.45) is 17.4 Å². The van der Waals surface area contributed by atoms with Crippen LogP contribution in [-0.2, 0) is 4.79 Å². The van der Waals surface area contributed by atoms with Crippen molar-refractivity contribution in [1.29, 1.82) is 0 Å². The Bertz CT molecular complexity index is 219. The Morgan fingerprint density at radius 3 is 2.29 bits per heavy atom. The summed E-state index contributed by atoms with van der Waals surface area (Å²) in [4.78, 5) is 13.7. The van der Waals surface area contributed by atoms with Crippen LogP contribution in [0.25, 0.3) is 0 Å². The Morgan fingerprint density at radius 2 is 1.79 bits per heavy atom. The predicted molar refractivity (Wildman–Crippen MR) is 54.5 cm³/mol. The summed E-state index contributed by atoms with van der Waals surface area (Å²) in [6.07, 6.45) is 4.09. The summed E-state index contributed by atoms with van der Waals surface area (Å²) in [6, 6.07) is 0.0283. The summed E-state index contributed by atoms with van der Waals surface area (Å²) in [5, 5.41) is 0. The smallest absolute Gasteiger partial charge is 0.239 e. The molecule has 1 aliphatic carbocycles. The molecule has 1 atom stereocenters. The number of carbonyl (C=O) groups excluding carboxylic acids is 1. The van der Waals surface area contributed by atoms with Gasteiger partial charge in [-0.05, 0) is 31.6 Å². The van der Waals surface area contributed by atoms with Gasteiger partial charge in [0.25, 0.3) is 0 Å². The Kier molecular flexibility index (Phi) is 2.74. The van der Waals surface area contributed by atoms with Crippen LogP contribution in [-0.4, -0.2) is 36.0 Å². The van der Waals surface area contributed by atoms with E-state index in [0.29, 0.717) is 5.92 Å². The molecule has 2 fully saturated rings. The lowest BCUT2D eigenvalue weighted by Crippen LogP contribution is -2.50. The van der Waals surface area contributed by atoms with Crippen molar-refractivity contribution in [2.45, 2.75) is 37.8 Å². The molecule has 1 saturated carbocycles. The van der Waals surface area contributed by atoms with Crippen molar-refractivity contribution in [3.05, 3.63) is 0 Å². The lowest BCUT2D eigenvalue weighted by atomic mass is 10.0. The molecular formula is C10H19N3O. The minimum atomic E-state index is -0.246. The third-order valence-corrected chi connectivity index (χ3v) is 3.27. The second-order valence-corrected chi connectivity index (χ2v) is 4.53. The molecule has 0 spiro atoms. The molecule has 0 radical (unpaired) electrons. The van der Waals surface area contributed by atoms with Crippen LogP contribution in [0.5, 0.6) is 0 Å². The molecule has 1 saturated heterocycles. The Morgan fingerprint density at radius 1 is 1.21 bits per heavy atom. The van der Waals surface area contributed by atoms with Crippen LogP contribution < -0.4 is 11.5 Å². The highest BCUT2D eigenvalue weighted by atomic mass is 16.2. The van der Waals surface area contributed by atoms with Crippen molar-refractivity contribution >= 4 is 5.91 Å². The van der Waals surface area contributed by atoms with Crippen molar-refractivity contribution in [3.8, 4) is 0 Å². The quantitative estimate of drug-likeness (QED) is 0.637. The molecule has 4 nitrogen and oxygen atoms in total. The molecular weight excluding hydrogens is 178 g/mol. The van der Waals surface area contributed by atoms with Gasteiger partial charge in [0, 0.05) is 19.1 Å². The molecule has 0 aromatic rings. The minimum absolute atomic E-state index is 0.138. The molecule has 80 valence electrons. The lowest BCUT2D eigenvalue weighted by Gasteiger charge is -2.32. The SMILES string of the molecule is NC1CCN(C(=O)[C@H](N)C2CC2)CC1. The lowest BCUT2D eigenvalue weighted by molar-refractivity contribution is -0.134. The molecule has 1 amide bonds. The van der Waals surface area contributed by atoms with Gasteiger partial charge in [-0.3, -0.25) is 4.79 Å². The van der Waals surface area contributed by atoms with E-state index in [9.17, 15) is 4.79 Å². The van der Waals surface area contributed by atoms with Gasteiger partial charge in [-0.2, -0.15) is 0 Å². The van der Waals surface area contributed by atoms with Crippen molar-refractivity contribution < 1.29 is 4.79 Å². The number of nitrogens with two attached hydrogens (primary N) is 2. The molecule has 14 heavy (non-hydrogen) atoms. The van der Waals surface area contributed by atoms with Crippen LogP contribution in [0.2, 0.25) is 0 Å². The topological polar surface area (TPSA) is 72.3 Å². The number of likely N-dealkylation sites (tertiary alicyclic amines) is 1. The first-order valence-electron chi connectivity index (χ1n) is 5.48. The van der Waals surface area contributed by atoms with Gasteiger partial charge in [-0.1, -0.05) is 0 Å². The fourth-order valence-electron chi connectivity index (χ4n) is 1.99. The second kappa shape index (κ2) is 3.87. The molecule has 0 aromatic carbocycles. The summed E-state index contributed by atoms with van der Waals surface area (Å²) in [6.45, 7) is 1.58. The monoisotopic (exact) mass is 197 g/mol. The average molecular weight is 197 g/mol. The maximum absolute atomic E-state index is 11.8. The zero-order chi connectivity index (χ0) is 10.1. The highest BCUT2D eigenvalue weighted by Crippen LogP contribution is 2.32. The third-order valence-electron chi connectivity index (χ3n) is 3.27. The van der Waals surface area contributed by atoms with E-state index >= 15 is 0 Å². The van der Waals surface area contributed by atoms with Gasteiger partial charge in [0.1, 0.15) is 0 Å². The van der Waals surface area contributed by atoms with Crippen LogP contribution >= 0.6 is 0 Å². The Labute approximate surface area is 84.6 Å². The maximum atomic E-state index is 11.8. The van der Waals surface area contributed by atoms with Crippen LogP contribution in [0.15, 0.2) is 0 Å². The van der Waals surface area contributed by atoms with E-state index in [1.165, 1.54) is 0 Å². The fraction of sp³-hybridized carbons (Fsp3) is 0.900. The van der Waals surface area contributed by atoms with Crippen LogP contribution in [0.3, 0.4) is 0 Å². The summed E-state index contributed by atoms with van der Waals surface area (Å²) < 4.78 is 0. The molecule has 0 aromatic heterocycles. The zero-order valence-electron chi connectivity index (χ0n) is 8.48. The van der Waals surface area contributed by atoms with Gasteiger partial charge in [-0.25, -0.2) is 0 Å². The molecule has 1 heterocycles. The van der Waals surface area contributed by atoms with Gasteiger partial charge in [0.2, 0.25) is 5.91 Å². The Balaban J connectivity index is 1.84. The average Bonchev–Trinajstić information content (AvgIpc) is 3.00. The third kappa shape index (κ3) is 2.07. The molecule has 0 unspecified atom stereocenters. The van der Waals surface area contributed by atoms with Crippen molar-refractivity contribution in [2.75, 3.05) is 13.1 Å². The first-order chi connectivity index (χ1) is 6.68. The van der Waals surface area contributed by atoms with Gasteiger partial charge < -0.3 is 16.4 Å². The highest BCUT2D eigenvalue weighted by molar-refractivity contribution is 5.82. The van der Waals surface area contributed by atoms with Crippen molar-refractivity contribution in [1.82, 2.24) is 4.90 Å². The number of piperidine rings is 1. The van der Waals surface area contributed by atoms with E-state index in [0.717, 1.165) is 38.8 Å². The zero-order valence-corrected chi connectivity index (χ0v) is 8.48. The molecule has 0 bridgehead atoms. The number of hydrogen-bond acceptors (Lipinski definition) is 3. The number of carbonyl (C=O) groups is 1. The summed E-state index contributed by atoms with van der Waals surface area (Å²) in [5.74, 6) is 0.595. The van der Waals surface area contributed by atoms with Crippen molar-refractivity contribution in [3.63, 3.8) is 0 Å².